The van der Waals surface area contributed by atoms with Crippen LogP contribution in [0, 0.1) is 6.92 Å². The number of ether oxygens (including phenoxy) is 3. The zero-order chi connectivity index (χ0) is 18.8. The number of rotatable bonds is 6. The van der Waals surface area contributed by atoms with Crippen molar-refractivity contribution in [2.45, 2.75) is 13.5 Å². The number of hydrogen-bond donors (Lipinski definition) is 0. The fraction of sp³-hybridized carbons (Fsp3) is 0.200. The number of methoxy groups -OCH3 is 2. The molecule has 4 aromatic rings. The van der Waals surface area contributed by atoms with E-state index in [0.717, 1.165) is 28.0 Å². The minimum Gasteiger partial charge on any atom is -0.497 e. The number of furan rings is 1. The van der Waals surface area contributed by atoms with Gasteiger partial charge < -0.3 is 23.2 Å². The van der Waals surface area contributed by atoms with Crippen LogP contribution >= 0.6 is 0 Å². The van der Waals surface area contributed by atoms with Crippen LogP contribution in [0.25, 0.3) is 22.6 Å². The van der Waals surface area contributed by atoms with Gasteiger partial charge in [0.15, 0.2) is 12.4 Å². The van der Waals surface area contributed by atoms with Crippen LogP contribution in [-0.4, -0.2) is 24.4 Å². The van der Waals surface area contributed by atoms with Crippen molar-refractivity contribution in [2.75, 3.05) is 14.2 Å². The Morgan fingerprint density at radius 3 is 2.37 bits per heavy atom. The molecule has 0 aliphatic carbocycles. The molecule has 0 N–H and O–H groups in total. The topological polar surface area (TPSA) is 79.8 Å². The van der Waals surface area contributed by atoms with Crippen molar-refractivity contribution in [3.05, 3.63) is 53.9 Å². The third-order valence-electron chi connectivity index (χ3n) is 4.24. The van der Waals surface area contributed by atoms with Crippen molar-refractivity contribution >= 4 is 11.0 Å². The SMILES string of the molecule is COc1ccc(OCc2nc(-c3oc4ccc(OC)cc4c3C)no2)cc1. The Morgan fingerprint density at radius 2 is 1.63 bits per heavy atom. The predicted octanol–water partition coefficient (Wildman–Crippen LogP) is 4.39. The first kappa shape index (κ1) is 17.0. The highest BCUT2D eigenvalue weighted by molar-refractivity contribution is 5.87. The zero-order valence-corrected chi connectivity index (χ0v) is 15.2. The van der Waals surface area contributed by atoms with E-state index in [-0.39, 0.29) is 6.61 Å². The molecule has 138 valence electrons. The van der Waals surface area contributed by atoms with Gasteiger partial charge >= 0.3 is 0 Å². The van der Waals surface area contributed by atoms with Gasteiger partial charge in [0.05, 0.1) is 14.2 Å². The van der Waals surface area contributed by atoms with E-state index in [9.17, 15) is 0 Å². The Hall–Kier alpha value is -3.48. The number of nitrogens with zero attached hydrogens (tertiary/aromatic N) is 2. The third kappa shape index (κ3) is 3.31. The number of benzene rings is 2. The molecule has 0 aliphatic heterocycles. The molecule has 0 saturated heterocycles. The fourth-order valence-corrected chi connectivity index (χ4v) is 2.76. The molecule has 0 amide bonds. The lowest BCUT2D eigenvalue weighted by molar-refractivity contribution is 0.242. The summed E-state index contributed by atoms with van der Waals surface area (Å²) in [6, 6.07) is 12.9. The number of hydrogen-bond acceptors (Lipinski definition) is 7. The summed E-state index contributed by atoms with van der Waals surface area (Å²) in [6.07, 6.45) is 0. The average Bonchev–Trinajstić information content (AvgIpc) is 3.31. The summed E-state index contributed by atoms with van der Waals surface area (Å²) in [5, 5.41) is 4.96. The first-order valence-corrected chi connectivity index (χ1v) is 8.35. The van der Waals surface area contributed by atoms with Crippen LogP contribution in [0.15, 0.2) is 51.4 Å². The Bertz CT molecular complexity index is 1070. The van der Waals surface area contributed by atoms with Gasteiger partial charge in [0.2, 0.25) is 5.82 Å². The lowest BCUT2D eigenvalue weighted by Gasteiger charge is -2.04. The van der Waals surface area contributed by atoms with E-state index >= 15 is 0 Å². The lowest BCUT2D eigenvalue weighted by atomic mass is 10.1. The molecule has 0 aliphatic rings. The molecule has 7 heteroatoms. The monoisotopic (exact) mass is 366 g/mol. The smallest absolute Gasteiger partial charge is 0.264 e. The predicted molar refractivity (Wildman–Crippen MR) is 98.1 cm³/mol. The highest BCUT2D eigenvalue weighted by atomic mass is 16.5. The third-order valence-corrected chi connectivity index (χ3v) is 4.24. The molecule has 27 heavy (non-hydrogen) atoms. The molecule has 2 aromatic heterocycles. The van der Waals surface area contributed by atoms with Crippen LogP contribution in [0.5, 0.6) is 17.2 Å². The van der Waals surface area contributed by atoms with Gasteiger partial charge in [0.25, 0.3) is 5.89 Å². The van der Waals surface area contributed by atoms with Crippen molar-refractivity contribution in [3.8, 4) is 28.8 Å². The number of aryl methyl sites for hydroxylation is 1. The molecule has 0 saturated carbocycles. The molecule has 0 spiro atoms. The van der Waals surface area contributed by atoms with E-state index in [4.69, 9.17) is 23.2 Å². The van der Waals surface area contributed by atoms with Crippen molar-refractivity contribution in [3.63, 3.8) is 0 Å². The molecule has 0 atom stereocenters. The van der Waals surface area contributed by atoms with E-state index in [1.165, 1.54) is 0 Å². The van der Waals surface area contributed by atoms with Crippen molar-refractivity contribution in [1.82, 2.24) is 10.1 Å². The lowest BCUT2D eigenvalue weighted by Crippen LogP contribution is -1.95. The highest BCUT2D eigenvalue weighted by Crippen LogP contribution is 2.33. The van der Waals surface area contributed by atoms with Gasteiger partial charge in [0, 0.05) is 10.9 Å². The summed E-state index contributed by atoms with van der Waals surface area (Å²) >= 11 is 0. The van der Waals surface area contributed by atoms with Crippen molar-refractivity contribution in [1.29, 1.82) is 0 Å². The second-order valence-corrected chi connectivity index (χ2v) is 5.89. The number of aromatic nitrogens is 2. The minimum atomic E-state index is 0.159. The second-order valence-electron chi connectivity index (χ2n) is 5.89. The summed E-state index contributed by atoms with van der Waals surface area (Å²) in [5.41, 5.74) is 1.66. The molecule has 2 heterocycles. The van der Waals surface area contributed by atoms with Crippen LogP contribution in [0.2, 0.25) is 0 Å². The van der Waals surface area contributed by atoms with Gasteiger partial charge in [-0.2, -0.15) is 4.98 Å². The van der Waals surface area contributed by atoms with Gasteiger partial charge in [-0.1, -0.05) is 5.16 Å². The standard InChI is InChI=1S/C20H18N2O5/c1-12-16-10-15(24-3)8-9-17(16)26-19(12)20-21-18(27-22-20)11-25-14-6-4-13(23-2)5-7-14/h4-10H,11H2,1-3H3. The first-order chi connectivity index (χ1) is 13.2. The summed E-state index contributed by atoms with van der Waals surface area (Å²) in [4.78, 5) is 4.38. The Balaban J connectivity index is 1.53. The van der Waals surface area contributed by atoms with Gasteiger partial charge in [-0.3, -0.25) is 0 Å². The maximum absolute atomic E-state index is 5.89. The summed E-state index contributed by atoms with van der Waals surface area (Å²) in [6.45, 7) is 2.11. The van der Waals surface area contributed by atoms with Gasteiger partial charge in [0.1, 0.15) is 22.8 Å². The molecular weight excluding hydrogens is 348 g/mol. The Morgan fingerprint density at radius 1 is 0.926 bits per heavy atom. The van der Waals surface area contributed by atoms with Crippen LogP contribution < -0.4 is 14.2 Å². The van der Waals surface area contributed by atoms with E-state index in [0.29, 0.717) is 23.2 Å². The molecule has 0 bridgehead atoms. The molecular formula is C20H18N2O5. The second kappa shape index (κ2) is 7.03. The van der Waals surface area contributed by atoms with E-state index in [1.54, 1.807) is 14.2 Å². The van der Waals surface area contributed by atoms with Crippen molar-refractivity contribution < 1.29 is 23.2 Å². The highest BCUT2D eigenvalue weighted by Gasteiger charge is 2.18. The molecule has 2 aromatic carbocycles. The summed E-state index contributed by atoms with van der Waals surface area (Å²) in [5.74, 6) is 3.52. The molecule has 4 rings (SSSR count). The number of fused-ring (bicyclic) bond motifs is 1. The van der Waals surface area contributed by atoms with E-state index in [2.05, 4.69) is 10.1 Å². The summed E-state index contributed by atoms with van der Waals surface area (Å²) < 4.78 is 27.2. The van der Waals surface area contributed by atoms with Crippen LogP contribution in [0.1, 0.15) is 11.5 Å². The minimum absolute atomic E-state index is 0.159. The molecule has 0 unspecified atom stereocenters. The van der Waals surface area contributed by atoms with Gasteiger partial charge in [-0.25, -0.2) is 0 Å². The van der Waals surface area contributed by atoms with Gasteiger partial charge in [-0.15, -0.1) is 0 Å². The van der Waals surface area contributed by atoms with Crippen LogP contribution in [0.3, 0.4) is 0 Å². The summed E-state index contributed by atoms with van der Waals surface area (Å²) in [7, 11) is 3.25. The maximum atomic E-state index is 5.89. The van der Waals surface area contributed by atoms with Crippen LogP contribution in [-0.2, 0) is 6.61 Å². The van der Waals surface area contributed by atoms with Crippen LogP contribution in [0.4, 0.5) is 0 Å². The van der Waals surface area contributed by atoms with E-state index < -0.39 is 0 Å². The maximum Gasteiger partial charge on any atom is 0.264 e. The molecule has 0 fully saturated rings. The normalized spacial score (nSPS) is 10.9. The Labute approximate surface area is 155 Å². The Kier molecular flexibility index (Phi) is 4.42. The quantitative estimate of drug-likeness (QED) is 0.501. The van der Waals surface area contributed by atoms with Crippen molar-refractivity contribution in [2.24, 2.45) is 0 Å². The molecule has 0 radical (unpaired) electrons. The molecule has 7 nitrogen and oxygen atoms in total. The fourth-order valence-electron chi connectivity index (χ4n) is 2.76. The average molecular weight is 366 g/mol. The van der Waals surface area contributed by atoms with E-state index in [1.807, 2.05) is 49.4 Å². The first-order valence-electron chi connectivity index (χ1n) is 8.35. The van der Waals surface area contributed by atoms with Gasteiger partial charge in [-0.05, 0) is 49.4 Å². The largest absolute Gasteiger partial charge is 0.497 e. The zero-order valence-electron chi connectivity index (χ0n) is 15.2.